The molecule has 0 aliphatic heterocycles. The van der Waals surface area contributed by atoms with Gasteiger partial charge in [-0.1, -0.05) is 23.7 Å². The van der Waals surface area contributed by atoms with Gasteiger partial charge in [0, 0.05) is 5.69 Å². The summed E-state index contributed by atoms with van der Waals surface area (Å²) in [5, 5.41) is 15.3. The first kappa shape index (κ1) is 26.8. The monoisotopic (exact) mass is 617 g/mol. The van der Waals surface area contributed by atoms with Crippen LogP contribution in [0, 0.1) is 14.9 Å². The van der Waals surface area contributed by atoms with Gasteiger partial charge in [-0.15, -0.1) is 0 Å². The van der Waals surface area contributed by atoms with Crippen LogP contribution in [0.15, 0.2) is 66.2 Å². The molecule has 3 aromatic rings. The lowest BCUT2D eigenvalue weighted by atomic mass is 10.1. The number of carbonyl (C=O) groups is 2. The molecule has 0 unspecified atom stereocenters. The van der Waals surface area contributed by atoms with Crippen LogP contribution in [-0.2, 0) is 9.59 Å². The van der Waals surface area contributed by atoms with E-state index in [0.29, 0.717) is 42.8 Å². The highest BCUT2D eigenvalue weighted by molar-refractivity contribution is 14.1. The second-order valence-electron chi connectivity index (χ2n) is 7.20. The predicted octanol–water partition coefficient (Wildman–Crippen LogP) is 5.52. The number of nitrogens with one attached hydrogen (secondary N) is 2. The zero-order chi connectivity index (χ0) is 26.1. The van der Waals surface area contributed by atoms with Gasteiger partial charge >= 0.3 is 0 Å². The molecule has 0 aliphatic rings. The van der Waals surface area contributed by atoms with E-state index in [1.54, 1.807) is 67.8 Å². The molecule has 2 amide bonds. The minimum Gasteiger partial charge on any atom is -0.497 e. The second kappa shape index (κ2) is 12.8. The van der Waals surface area contributed by atoms with Crippen LogP contribution < -0.4 is 24.8 Å². The summed E-state index contributed by atoms with van der Waals surface area (Å²) in [7, 11) is 3.00. The third-order valence-electron chi connectivity index (χ3n) is 4.77. The van der Waals surface area contributed by atoms with E-state index in [0.717, 1.165) is 0 Å². The Balaban J connectivity index is 1.73. The van der Waals surface area contributed by atoms with E-state index in [9.17, 15) is 14.9 Å². The molecule has 0 bridgehead atoms. The maximum atomic E-state index is 12.6. The zero-order valence-electron chi connectivity index (χ0n) is 19.3. The highest BCUT2D eigenvalue weighted by Crippen LogP contribution is 2.35. The SMILES string of the molecule is COc1ccc(NC(=O)/C(C#N)=C\c2cc(I)c(OCC(=O)Nc3ccccc3Cl)c(OC)c2)cc1. The normalized spacial score (nSPS) is 10.7. The third-order valence-corrected chi connectivity index (χ3v) is 5.90. The fourth-order valence-electron chi connectivity index (χ4n) is 3.04. The van der Waals surface area contributed by atoms with Crippen LogP contribution in [0.3, 0.4) is 0 Å². The van der Waals surface area contributed by atoms with Crippen LogP contribution in [0.5, 0.6) is 17.2 Å². The molecule has 10 heteroatoms. The van der Waals surface area contributed by atoms with Crippen LogP contribution >= 0.6 is 34.2 Å². The van der Waals surface area contributed by atoms with Crippen molar-refractivity contribution in [3.05, 3.63) is 80.4 Å². The summed E-state index contributed by atoms with van der Waals surface area (Å²) in [4.78, 5) is 24.9. The highest BCUT2D eigenvalue weighted by atomic mass is 127. The molecule has 36 heavy (non-hydrogen) atoms. The summed E-state index contributed by atoms with van der Waals surface area (Å²) in [6.45, 7) is -0.277. The fraction of sp³-hybridized carbons (Fsp3) is 0.115. The zero-order valence-corrected chi connectivity index (χ0v) is 22.2. The summed E-state index contributed by atoms with van der Waals surface area (Å²) in [6, 6.07) is 18.9. The average molecular weight is 618 g/mol. The Morgan fingerprint density at radius 1 is 1.06 bits per heavy atom. The maximum absolute atomic E-state index is 12.6. The number of benzene rings is 3. The molecule has 184 valence electrons. The molecule has 0 spiro atoms. The van der Waals surface area contributed by atoms with E-state index in [4.69, 9.17) is 25.8 Å². The number of rotatable bonds is 9. The van der Waals surface area contributed by atoms with Gasteiger partial charge in [-0.25, -0.2) is 0 Å². The first-order valence-corrected chi connectivity index (χ1v) is 11.9. The number of para-hydroxylation sites is 1. The van der Waals surface area contributed by atoms with E-state index in [1.165, 1.54) is 13.2 Å². The van der Waals surface area contributed by atoms with Gasteiger partial charge < -0.3 is 24.8 Å². The van der Waals surface area contributed by atoms with E-state index in [1.807, 2.05) is 28.7 Å². The van der Waals surface area contributed by atoms with Crippen molar-refractivity contribution in [2.24, 2.45) is 0 Å². The Morgan fingerprint density at radius 2 is 1.78 bits per heavy atom. The largest absolute Gasteiger partial charge is 0.497 e. The van der Waals surface area contributed by atoms with Crippen LogP contribution in [0.2, 0.25) is 5.02 Å². The molecular formula is C26H21ClIN3O5. The molecule has 0 aliphatic carbocycles. The first-order chi connectivity index (χ1) is 17.3. The van der Waals surface area contributed by atoms with Crippen molar-refractivity contribution in [1.29, 1.82) is 5.26 Å². The molecular weight excluding hydrogens is 597 g/mol. The molecule has 0 atom stereocenters. The molecule has 3 aromatic carbocycles. The molecule has 0 heterocycles. The number of carbonyl (C=O) groups excluding carboxylic acids is 2. The number of nitriles is 1. The lowest BCUT2D eigenvalue weighted by Gasteiger charge is -2.14. The third kappa shape index (κ3) is 7.13. The van der Waals surface area contributed by atoms with Crippen LogP contribution in [-0.4, -0.2) is 32.6 Å². The second-order valence-corrected chi connectivity index (χ2v) is 8.77. The van der Waals surface area contributed by atoms with Crippen molar-refractivity contribution in [3.8, 4) is 23.3 Å². The van der Waals surface area contributed by atoms with Gasteiger partial charge in [-0.2, -0.15) is 5.26 Å². The van der Waals surface area contributed by atoms with E-state index < -0.39 is 11.8 Å². The first-order valence-electron chi connectivity index (χ1n) is 10.5. The van der Waals surface area contributed by atoms with E-state index in [-0.39, 0.29) is 12.2 Å². The number of hydrogen-bond acceptors (Lipinski definition) is 6. The van der Waals surface area contributed by atoms with Crippen LogP contribution in [0.1, 0.15) is 5.56 Å². The molecule has 0 saturated carbocycles. The summed E-state index contributed by atoms with van der Waals surface area (Å²) in [6.07, 6.45) is 1.44. The molecule has 3 rings (SSSR count). The van der Waals surface area contributed by atoms with Crippen molar-refractivity contribution in [2.45, 2.75) is 0 Å². The number of anilines is 2. The van der Waals surface area contributed by atoms with Gasteiger partial charge in [0.05, 0.1) is 28.5 Å². The lowest BCUT2D eigenvalue weighted by molar-refractivity contribution is -0.118. The Hall–Kier alpha value is -3.75. The standard InChI is InChI=1S/C26H21ClIN3O5/c1-34-19-9-7-18(8-10-19)30-26(33)17(14-29)11-16-12-21(28)25(23(13-16)35-2)36-15-24(32)31-22-6-4-3-5-20(22)27/h3-13H,15H2,1-2H3,(H,30,33)(H,31,32)/b17-11-. The van der Waals surface area contributed by atoms with Gasteiger partial charge in [-0.3, -0.25) is 9.59 Å². The van der Waals surface area contributed by atoms with Gasteiger partial charge in [0.1, 0.15) is 17.4 Å². The van der Waals surface area contributed by atoms with E-state index >= 15 is 0 Å². The van der Waals surface area contributed by atoms with Crippen molar-refractivity contribution < 1.29 is 23.8 Å². The average Bonchev–Trinajstić information content (AvgIpc) is 2.88. The van der Waals surface area contributed by atoms with Gasteiger partial charge in [0.15, 0.2) is 18.1 Å². The van der Waals surface area contributed by atoms with Gasteiger partial charge in [0.25, 0.3) is 11.8 Å². The van der Waals surface area contributed by atoms with Crippen molar-refractivity contribution in [1.82, 2.24) is 0 Å². The number of amides is 2. The minimum atomic E-state index is -0.562. The number of halogens is 2. The molecule has 2 N–H and O–H groups in total. The summed E-state index contributed by atoms with van der Waals surface area (Å²) in [5.41, 5.74) is 1.45. The van der Waals surface area contributed by atoms with Gasteiger partial charge in [-0.05, 0) is 82.8 Å². The van der Waals surface area contributed by atoms with Crippen molar-refractivity contribution in [3.63, 3.8) is 0 Å². The molecule has 8 nitrogen and oxygen atoms in total. The Morgan fingerprint density at radius 3 is 2.42 bits per heavy atom. The number of nitrogens with zero attached hydrogens (tertiary/aromatic N) is 1. The number of hydrogen-bond donors (Lipinski definition) is 2. The predicted molar refractivity (Wildman–Crippen MR) is 147 cm³/mol. The summed E-state index contributed by atoms with van der Waals surface area (Å²) >= 11 is 8.10. The van der Waals surface area contributed by atoms with Crippen LogP contribution in [0.25, 0.3) is 6.08 Å². The quantitative estimate of drug-likeness (QED) is 0.186. The minimum absolute atomic E-state index is 0.101. The number of ether oxygens (including phenoxy) is 3. The van der Waals surface area contributed by atoms with Gasteiger partial charge in [0.2, 0.25) is 0 Å². The molecule has 0 saturated heterocycles. The molecule has 0 fully saturated rings. The molecule has 0 radical (unpaired) electrons. The molecule has 0 aromatic heterocycles. The van der Waals surface area contributed by atoms with Crippen LogP contribution in [0.4, 0.5) is 11.4 Å². The summed E-state index contributed by atoms with van der Waals surface area (Å²) in [5.74, 6) is 0.381. The van der Waals surface area contributed by atoms with Crippen molar-refractivity contribution in [2.75, 3.05) is 31.5 Å². The summed E-state index contributed by atoms with van der Waals surface area (Å²) < 4.78 is 16.8. The van der Waals surface area contributed by atoms with Crippen molar-refractivity contribution >= 4 is 63.5 Å². The maximum Gasteiger partial charge on any atom is 0.266 e. The Labute approximate surface area is 226 Å². The smallest absolute Gasteiger partial charge is 0.266 e. The highest BCUT2D eigenvalue weighted by Gasteiger charge is 2.16. The Bertz CT molecular complexity index is 1340. The van der Waals surface area contributed by atoms with E-state index in [2.05, 4.69) is 10.6 Å². The lowest BCUT2D eigenvalue weighted by Crippen LogP contribution is -2.20. The Kier molecular flexibility index (Phi) is 9.55. The fourth-order valence-corrected chi connectivity index (χ4v) is 4.00. The topological polar surface area (TPSA) is 110 Å². The number of methoxy groups -OCH3 is 2.